The Hall–Kier alpha value is -2.67. The number of nitrogens with zero attached hydrogens (tertiary/aromatic N) is 2. The molecule has 0 aliphatic carbocycles. The molecule has 3 aromatic rings. The van der Waals surface area contributed by atoms with Crippen molar-refractivity contribution in [1.29, 1.82) is 0 Å². The van der Waals surface area contributed by atoms with Crippen LogP contribution in [0, 0.1) is 12.7 Å². The van der Waals surface area contributed by atoms with Crippen LogP contribution < -0.4 is 10.9 Å². The van der Waals surface area contributed by atoms with Crippen molar-refractivity contribution in [3.05, 3.63) is 76.1 Å². The van der Waals surface area contributed by atoms with Crippen LogP contribution in [0.25, 0.3) is 10.9 Å². The molecular weight excluding hydrogens is 365 g/mol. The van der Waals surface area contributed by atoms with Crippen molar-refractivity contribution in [3.8, 4) is 0 Å². The van der Waals surface area contributed by atoms with Gasteiger partial charge in [0.25, 0.3) is 5.56 Å². The largest absolute Gasteiger partial charge is 0.354 e. The average molecular weight is 385 g/mol. The second-order valence-electron chi connectivity index (χ2n) is 6.14. The van der Waals surface area contributed by atoms with E-state index in [1.54, 1.807) is 30.3 Å². The van der Waals surface area contributed by atoms with Gasteiger partial charge in [0.15, 0.2) is 0 Å². The lowest BCUT2D eigenvalue weighted by molar-refractivity contribution is -0.121. The van der Waals surface area contributed by atoms with E-state index in [1.165, 1.54) is 28.7 Å². The molecule has 0 aliphatic rings. The summed E-state index contributed by atoms with van der Waals surface area (Å²) in [7, 11) is 0. The maximum Gasteiger partial charge on any atom is 0.261 e. The number of hydrogen-bond donors (Lipinski definition) is 1. The number of carbonyl (C=O) groups is 1. The van der Waals surface area contributed by atoms with E-state index in [0.717, 1.165) is 5.56 Å². The lowest BCUT2D eigenvalue weighted by Crippen LogP contribution is -2.33. The first-order valence-corrected chi connectivity index (χ1v) is 9.74. The number of benzene rings is 2. The smallest absolute Gasteiger partial charge is 0.261 e. The van der Waals surface area contributed by atoms with E-state index in [0.29, 0.717) is 34.5 Å². The number of carbonyl (C=O) groups excluding carboxylic acids is 1. The monoisotopic (exact) mass is 385 g/mol. The van der Waals surface area contributed by atoms with Crippen LogP contribution in [0.2, 0.25) is 0 Å². The van der Waals surface area contributed by atoms with Crippen LogP contribution in [0.3, 0.4) is 0 Å². The number of aromatic nitrogens is 2. The third-order valence-corrected chi connectivity index (χ3v) is 5.16. The van der Waals surface area contributed by atoms with Crippen LogP contribution in [-0.2, 0) is 17.1 Å². The average Bonchev–Trinajstić information content (AvgIpc) is 2.66. The minimum atomic E-state index is -0.252. The van der Waals surface area contributed by atoms with Gasteiger partial charge in [0.1, 0.15) is 12.4 Å². The molecule has 0 saturated heterocycles. The van der Waals surface area contributed by atoms with E-state index in [9.17, 15) is 14.0 Å². The molecule has 1 heterocycles. The summed E-state index contributed by atoms with van der Waals surface area (Å²) < 4.78 is 14.8. The molecule has 1 amide bonds. The van der Waals surface area contributed by atoms with Crippen LogP contribution in [0.1, 0.15) is 11.1 Å². The molecule has 1 aromatic heterocycles. The lowest BCUT2D eigenvalue weighted by Gasteiger charge is -2.09. The van der Waals surface area contributed by atoms with E-state index in [4.69, 9.17) is 0 Å². The zero-order valence-electron chi connectivity index (χ0n) is 14.9. The fourth-order valence-electron chi connectivity index (χ4n) is 2.72. The van der Waals surface area contributed by atoms with Crippen LogP contribution in [0.5, 0.6) is 0 Å². The van der Waals surface area contributed by atoms with Crippen molar-refractivity contribution in [2.75, 3.05) is 12.3 Å². The maximum atomic E-state index is 13.5. The van der Waals surface area contributed by atoms with Gasteiger partial charge in [0.2, 0.25) is 5.91 Å². The Labute approximate surface area is 160 Å². The highest BCUT2D eigenvalue weighted by Crippen LogP contribution is 2.14. The van der Waals surface area contributed by atoms with Crippen molar-refractivity contribution >= 4 is 28.6 Å². The molecule has 0 radical (unpaired) electrons. The van der Waals surface area contributed by atoms with E-state index >= 15 is 0 Å². The van der Waals surface area contributed by atoms with E-state index in [2.05, 4.69) is 10.3 Å². The summed E-state index contributed by atoms with van der Waals surface area (Å²) in [6.45, 7) is 2.27. The topological polar surface area (TPSA) is 64.0 Å². The summed E-state index contributed by atoms with van der Waals surface area (Å²) in [5.41, 5.74) is 2.00. The summed E-state index contributed by atoms with van der Waals surface area (Å²) in [4.78, 5) is 28.9. The number of aryl methyl sites for hydroxylation is 1. The van der Waals surface area contributed by atoms with E-state index < -0.39 is 0 Å². The summed E-state index contributed by atoms with van der Waals surface area (Å²) in [6, 6.07) is 12.1. The predicted molar refractivity (Wildman–Crippen MR) is 106 cm³/mol. The van der Waals surface area contributed by atoms with Crippen LogP contribution in [0.4, 0.5) is 4.39 Å². The second-order valence-corrected chi connectivity index (χ2v) is 7.25. The molecule has 27 heavy (non-hydrogen) atoms. The third kappa shape index (κ3) is 4.74. The fraction of sp³-hybridized carbons (Fsp3) is 0.250. The molecule has 0 unspecified atom stereocenters. The van der Waals surface area contributed by atoms with Gasteiger partial charge < -0.3 is 5.32 Å². The summed E-state index contributed by atoms with van der Waals surface area (Å²) in [6.07, 6.45) is 1.41. The summed E-state index contributed by atoms with van der Waals surface area (Å²) in [5.74, 6) is 0.741. The number of thioether (sulfide) groups is 1. The number of halogens is 1. The van der Waals surface area contributed by atoms with Crippen LogP contribution in [-0.4, -0.2) is 27.8 Å². The third-order valence-electron chi connectivity index (χ3n) is 4.15. The predicted octanol–water partition coefficient (Wildman–Crippen LogP) is 2.89. The molecule has 5 nitrogen and oxygen atoms in total. The zero-order valence-corrected chi connectivity index (χ0v) is 15.8. The first-order chi connectivity index (χ1) is 13.1. The molecule has 1 N–H and O–H groups in total. The Kier molecular flexibility index (Phi) is 6.24. The van der Waals surface area contributed by atoms with Crippen molar-refractivity contribution in [1.82, 2.24) is 14.9 Å². The highest BCUT2D eigenvalue weighted by Gasteiger charge is 2.09. The number of nitrogens with one attached hydrogen (secondary N) is 1. The quantitative estimate of drug-likeness (QED) is 0.635. The van der Waals surface area contributed by atoms with E-state index in [-0.39, 0.29) is 23.8 Å². The number of hydrogen-bond acceptors (Lipinski definition) is 4. The van der Waals surface area contributed by atoms with Gasteiger partial charge in [-0.25, -0.2) is 9.37 Å². The highest BCUT2D eigenvalue weighted by atomic mass is 32.2. The minimum Gasteiger partial charge on any atom is -0.354 e. The maximum absolute atomic E-state index is 13.5. The molecule has 0 saturated carbocycles. The number of fused-ring (bicyclic) bond motifs is 1. The zero-order chi connectivity index (χ0) is 19.2. The molecule has 0 bridgehead atoms. The normalized spacial score (nSPS) is 10.9. The van der Waals surface area contributed by atoms with Crippen LogP contribution in [0.15, 0.2) is 53.6 Å². The summed E-state index contributed by atoms with van der Waals surface area (Å²) in [5, 5.41) is 3.28. The molecule has 0 fully saturated rings. The Morgan fingerprint density at radius 2 is 2.04 bits per heavy atom. The van der Waals surface area contributed by atoms with Crippen molar-refractivity contribution < 1.29 is 9.18 Å². The molecule has 0 aliphatic heterocycles. The Balaban J connectivity index is 1.50. The van der Waals surface area contributed by atoms with Crippen LogP contribution >= 0.6 is 11.8 Å². The standard InChI is InChI=1S/C20H20FN3O2S/c1-14-5-4-7-16-19(14)23-13-24(20(16)26)11-18(25)22-9-10-27-12-15-6-2-3-8-17(15)21/h2-8,13H,9-12H2,1H3,(H,22,25). The van der Waals surface area contributed by atoms with Gasteiger partial charge in [-0.05, 0) is 30.2 Å². The Bertz CT molecular complexity index is 1020. The number of amides is 1. The van der Waals surface area contributed by atoms with Gasteiger partial charge in [-0.15, -0.1) is 0 Å². The Morgan fingerprint density at radius 1 is 1.22 bits per heavy atom. The summed E-state index contributed by atoms with van der Waals surface area (Å²) >= 11 is 1.54. The highest BCUT2D eigenvalue weighted by molar-refractivity contribution is 7.98. The first kappa shape index (κ1) is 19.1. The minimum absolute atomic E-state index is 0.0757. The fourth-order valence-corrected chi connectivity index (χ4v) is 3.57. The molecule has 2 aromatic carbocycles. The van der Waals surface area contributed by atoms with E-state index in [1.807, 2.05) is 13.0 Å². The number of rotatable bonds is 7. The number of para-hydroxylation sites is 1. The van der Waals surface area contributed by atoms with Gasteiger partial charge in [0, 0.05) is 18.1 Å². The molecule has 0 atom stereocenters. The molecule has 7 heteroatoms. The van der Waals surface area contributed by atoms with Gasteiger partial charge in [-0.1, -0.05) is 30.3 Å². The first-order valence-electron chi connectivity index (χ1n) is 8.59. The van der Waals surface area contributed by atoms with Crippen molar-refractivity contribution in [2.45, 2.75) is 19.2 Å². The van der Waals surface area contributed by atoms with Gasteiger partial charge in [-0.3, -0.25) is 14.2 Å². The molecular formula is C20H20FN3O2S. The van der Waals surface area contributed by atoms with Gasteiger partial charge >= 0.3 is 0 Å². The second kappa shape index (κ2) is 8.81. The van der Waals surface area contributed by atoms with Crippen molar-refractivity contribution in [2.24, 2.45) is 0 Å². The molecule has 140 valence electrons. The lowest BCUT2D eigenvalue weighted by atomic mass is 10.1. The Morgan fingerprint density at radius 3 is 2.85 bits per heavy atom. The van der Waals surface area contributed by atoms with Gasteiger partial charge in [0.05, 0.1) is 17.2 Å². The molecule has 3 rings (SSSR count). The van der Waals surface area contributed by atoms with Gasteiger partial charge in [-0.2, -0.15) is 11.8 Å². The molecule has 0 spiro atoms. The van der Waals surface area contributed by atoms with Crippen molar-refractivity contribution in [3.63, 3.8) is 0 Å². The SMILES string of the molecule is Cc1cccc2c(=O)n(CC(=O)NCCSCc3ccccc3F)cnc12.